The second-order valence-electron chi connectivity index (χ2n) is 8.53. The van der Waals surface area contributed by atoms with Gasteiger partial charge in [0.15, 0.2) is 0 Å². The van der Waals surface area contributed by atoms with E-state index in [1.54, 1.807) is 10.0 Å². The van der Waals surface area contributed by atoms with Crippen molar-refractivity contribution < 1.29 is 19.7 Å². The molecule has 4 rings (SSSR count). The van der Waals surface area contributed by atoms with Crippen molar-refractivity contribution in [2.75, 3.05) is 13.1 Å². The van der Waals surface area contributed by atoms with Crippen LogP contribution >= 0.6 is 23.5 Å². The Bertz CT molecular complexity index is 977. The molecule has 6 nitrogen and oxygen atoms in total. The third-order valence-corrected chi connectivity index (χ3v) is 7.17. The number of benzene rings is 2. The van der Waals surface area contributed by atoms with Crippen molar-refractivity contribution in [2.24, 2.45) is 5.92 Å². The maximum absolute atomic E-state index is 12.7. The Balaban J connectivity index is 1.69. The zero-order valence-electron chi connectivity index (χ0n) is 18.2. The van der Waals surface area contributed by atoms with E-state index in [4.69, 9.17) is 4.74 Å². The average Bonchev–Trinajstić information content (AvgIpc) is 3.21. The van der Waals surface area contributed by atoms with Crippen molar-refractivity contribution in [3.8, 4) is 0 Å². The molecular formula is C24H26N2O4S2. The first-order chi connectivity index (χ1) is 15.2. The third-order valence-electron chi connectivity index (χ3n) is 4.85. The molecule has 0 spiro atoms. The first kappa shape index (κ1) is 22.5. The lowest BCUT2D eigenvalue weighted by atomic mass is 10.1. The van der Waals surface area contributed by atoms with Crippen molar-refractivity contribution in [1.82, 2.24) is 10.0 Å². The molecule has 0 amide bonds. The summed E-state index contributed by atoms with van der Waals surface area (Å²) in [5.74, 6) is -0.813. The van der Waals surface area contributed by atoms with Gasteiger partial charge in [-0.15, -0.1) is 0 Å². The van der Waals surface area contributed by atoms with Gasteiger partial charge in [0, 0.05) is 9.79 Å². The van der Waals surface area contributed by atoms with Crippen molar-refractivity contribution in [3.63, 3.8) is 0 Å². The Morgan fingerprint density at radius 2 is 1.25 bits per heavy atom. The smallest absolute Gasteiger partial charge is 0.313 e. The highest BCUT2D eigenvalue weighted by Crippen LogP contribution is 2.48. The summed E-state index contributed by atoms with van der Waals surface area (Å²) in [4.78, 5) is 15.6. The molecule has 2 aliphatic rings. The van der Waals surface area contributed by atoms with Crippen LogP contribution in [0.5, 0.6) is 0 Å². The highest BCUT2D eigenvalue weighted by molar-refractivity contribution is 8.08. The van der Waals surface area contributed by atoms with Gasteiger partial charge in [0.05, 0.1) is 28.8 Å². The number of thioether (sulfide) groups is 2. The lowest BCUT2D eigenvalue weighted by Gasteiger charge is -2.35. The Morgan fingerprint density at radius 3 is 1.62 bits per heavy atom. The van der Waals surface area contributed by atoms with E-state index in [0.29, 0.717) is 9.81 Å². The van der Waals surface area contributed by atoms with Gasteiger partial charge in [-0.1, -0.05) is 59.9 Å². The van der Waals surface area contributed by atoms with Crippen LogP contribution in [0.1, 0.15) is 20.8 Å². The fraction of sp³-hybridized carbons (Fsp3) is 0.292. The van der Waals surface area contributed by atoms with E-state index < -0.39 is 11.5 Å². The van der Waals surface area contributed by atoms with E-state index in [-0.39, 0.29) is 30.8 Å². The number of carbonyl (C=O) groups is 1. The van der Waals surface area contributed by atoms with Crippen molar-refractivity contribution in [3.05, 3.63) is 82.2 Å². The summed E-state index contributed by atoms with van der Waals surface area (Å²) in [6, 6.07) is 19.4. The first-order valence-corrected chi connectivity index (χ1v) is 12.0. The fourth-order valence-electron chi connectivity index (χ4n) is 3.44. The maximum Gasteiger partial charge on any atom is 0.313 e. The van der Waals surface area contributed by atoms with Crippen LogP contribution in [0.15, 0.2) is 92.0 Å². The summed E-state index contributed by atoms with van der Waals surface area (Å²) < 4.78 is 5.55. The number of rotatable bonds is 5. The van der Waals surface area contributed by atoms with Crippen LogP contribution in [0, 0.1) is 5.92 Å². The molecule has 0 atom stereocenters. The summed E-state index contributed by atoms with van der Waals surface area (Å²) in [6.07, 6.45) is 0. The molecule has 1 fully saturated rings. The lowest BCUT2D eigenvalue weighted by molar-refractivity contribution is -0.159. The largest absolute Gasteiger partial charge is 0.493 e. The van der Waals surface area contributed by atoms with Crippen LogP contribution in [0.4, 0.5) is 0 Å². The van der Waals surface area contributed by atoms with Crippen LogP contribution in [0.25, 0.3) is 0 Å². The number of ether oxygens (including phenoxy) is 1. The van der Waals surface area contributed by atoms with Crippen LogP contribution in [0.3, 0.4) is 0 Å². The number of aliphatic hydroxyl groups excluding tert-OH is 2. The summed E-state index contributed by atoms with van der Waals surface area (Å²) in [7, 11) is 0. The van der Waals surface area contributed by atoms with Gasteiger partial charge in [-0.25, -0.2) is 10.0 Å². The topological polar surface area (TPSA) is 73.2 Å². The van der Waals surface area contributed by atoms with Crippen LogP contribution in [-0.2, 0) is 9.53 Å². The maximum atomic E-state index is 12.7. The number of hydrazine groups is 1. The van der Waals surface area contributed by atoms with E-state index in [2.05, 4.69) is 0 Å². The zero-order chi connectivity index (χ0) is 22.9. The molecule has 0 unspecified atom stereocenters. The quantitative estimate of drug-likeness (QED) is 0.553. The monoisotopic (exact) mass is 470 g/mol. The second kappa shape index (κ2) is 9.03. The minimum Gasteiger partial charge on any atom is -0.493 e. The Labute approximate surface area is 196 Å². The van der Waals surface area contributed by atoms with Gasteiger partial charge in [-0.3, -0.25) is 4.79 Å². The van der Waals surface area contributed by atoms with E-state index in [9.17, 15) is 15.0 Å². The molecule has 2 aromatic carbocycles. The number of hydrogen-bond donors (Lipinski definition) is 2. The number of fused-ring (bicyclic) bond motifs is 1. The third kappa shape index (κ3) is 4.86. The first-order valence-electron chi connectivity index (χ1n) is 10.3. The molecular weight excluding hydrogens is 444 g/mol. The standard InChI is InChI=1S/C24H26N2O4S2/c1-24(2,3)30-23(29)16-14-25-21(27)19(31-17-10-6-4-7-11-17)20(22(28)26(25)15-16)32-18-12-8-5-9-13-18/h4-13,16,27-28H,14-15H2,1-3H3. The predicted molar refractivity (Wildman–Crippen MR) is 127 cm³/mol. The highest BCUT2D eigenvalue weighted by atomic mass is 32.2. The number of nitrogens with zero attached hydrogens (tertiary/aromatic N) is 2. The molecule has 168 valence electrons. The molecule has 0 bridgehead atoms. The highest BCUT2D eigenvalue weighted by Gasteiger charge is 2.44. The van der Waals surface area contributed by atoms with Crippen molar-refractivity contribution in [1.29, 1.82) is 0 Å². The molecule has 1 saturated heterocycles. The number of esters is 1. The summed E-state index contributed by atoms with van der Waals surface area (Å²) in [5, 5.41) is 25.6. The van der Waals surface area contributed by atoms with Crippen LogP contribution in [0.2, 0.25) is 0 Å². The normalized spacial score (nSPS) is 17.1. The Hall–Kier alpha value is -2.71. The number of carbonyl (C=O) groups excluding carboxylic acids is 1. The number of hydrogen-bond acceptors (Lipinski definition) is 8. The molecule has 0 aliphatic carbocycles. The van der Waals surface area contributed by atoms with Gasteiger partial charge in [-0.2, -0.15) is 0 Å². The molecule has 2 aromatic rings. The Morgan fingerprint density at radius 1 is 0.844 bits per heavy atom. The second-order valence-corrected chi connectivity index (χ2v) is 10.7. The SMILES string of the molecule is CC(C)(C)OC(=O)C1CN2C(O)=C(Sc3ccccc3)C(Sc3ccccc3)=C(O)N2C1. The van der Waals surface area contributed by atoms with Gasteiger partial charge in [0.25, 0.3) is 0 Å². The molecule has 0 aromatic heterocycles. The van der Waals surface area contributed by atoms with E-state index in [1.807, 2.05) is 81.4 Å². The minimum atomic E-state index is -0.603. The van der Waals surface area contributed by atoms with Gasteiger partial charge in [0.1, 0.15) is 5.60 Å². The van der Waals surface area contributed by atoms with Crippen molar-refractivity contribution >= 4 is 29.5 Å². The summed E-state index contributed by atoms with van der Waals surface area (Å²) >= 11 is 2.76. The fourth-order valence-corrected chi connectivity index (χ4v) is 5.51. The molecule has 2 aliphatic heterocycles. The predicted octanol–water partition coefficient (Wildman–Crippen LogP) is 5.53. The Kier molecular flexibility index (Phi) is 6.35. The molecule has 2 heterocycles. The summed E-state index contributed by atoms with van der Waals surface area (Å²) in [5.41, 5.74) is -0.603. The van der Waals surface area contributed by atoms with Crippen LogP contribution < -0.4 is 0 Å². The molecule has 2 N–H and O–H groups in total. The van der Waals surface area contributed by atoms with Crippen LogP contribution in [-0.4, -0.2) is 44.9 Å². The van der Waals surface area contributed by atoms with Gasteiger partial charge >= 0.3 is 5.97 Å². The minimum absolute atomic E-state index is 0.0149. The van der Waals surface area contributed by atoms with Crippen molar-refractivity contribution in [2.45, 2.75) is 36.2 Å². The number of aliphatic hydroxyl groups is 2. The summed E-state index contributed by atoms with van der Waals surface area (Å²) in [6.45, 7) is 5.93. The average molecular weight is 471 g/mol. The molecule has 32 heavy (non-hydrogen) atoms. The molecule has 0 radical (unpaired) electrons. The van der Waals surface area contributed by atoms with E-state index in [0.717, 1.165) is 9.79 Å². The van der Waals surface area contributed by atoms with E-state index >= 15 is 0 Å². The molecule has 8 heteroatoms. The van der Waals surface area contributed by atoms with Gasteiger partial charge in [0.2, 0.25) is 11.8 Å². The van der Waals surface area contributed by atoms with Gasteiger partial charge in [-0.05, 0) is 45.0 Å². The van der Waals surface area contributed by atoms with Gasteiger partial charge < -0.3 is 14.9 Å². The van der Waals surface area contributed by atoms with E-state index in [1.165, 1.54) is 23.5 Å². The zero-order valence-corrected chi connectivity index (χ0v) is 19.8. The lowest BCUT2D eigenvalue weighted by Crippen LogP contribution is -2.39. The molecule has 0 saturated carbocycles.